The molecule has 1 aliphatic carbocycles. The minimum Gasteiger partial charge on any atom is -0.399 e. The zero-order valence-electron chi connectivity index (χ0n) is 10.2. The summed E-state index contributed by atoms with van der Waals surface area (Å²) in [6, 6.07) is 6.27. The first-order valence-electron chi connectivity index (χ1n) is 6.18. The van der Waals surface area contributed by atoms with Gasteiger partial charge in [-0.15, -0.1) is 11.8 Å². The van der Waals surface area contributed by atoms with E-state index in [1.165, 1.54) is 36.1 Å². The number of nitrogen functional groups attached to an aromatic ring is 1. The Hall–Kier alpha value is -0.630. The molecule has 2 rings (SSSR count). The van der Waals surface area contributed by atoms with Crippen LogP contribution in [0.3, 0.4) is 0 Å². The monoisotopic (exact) mass is 235 g/mol. The van der Waals surface area contributed by atoms with E-state index in [-0.39, 0.29) is 0 Å². The smallest absolute Gasteiger partial charge is 0.0317 e. The fraction of sp³-hybridized carbons (Fsp3) is 0.571. The molecule has 0 unspecified atom stereocenters. The maximum Gasteiger partial charge on any atom is 0.0317 e. The molecule has 1 saturated carbocycles. The van der Waals surface area contributed by atoms with E-state index < -0.39 is 0 Å². The van der Waals surface area contributed by atoms with Gasteiger partial charge in [0, 0.05) is 15.8 Å². The molecule has 0 spiro atoms. The topological polar surface area (TPSA) is 26.0 Å². The van der Waals surface area contributed by atoms with Crippen LogP contribution < -0.4 is 5.73 Å². The third-order valence-corrected chi connectivity index (χ3v) is 4.97. The summed E-state index contributed by atoms with van der Waals surface area (Å²) < 4.78 is 0. The highest BCUT2D eigenvalue weighted by Crippen LogP contribution is 2.37. The Balaban J connectivity index is 1.98. The van der Waals surface area contributed by atoms with Crippen LogP contribution in [0.4, 0.5) is 5.69 Å². The summed E-state index contributed by atoms with van der Waals surface area (Å²) in [5, 5.41) is 0.818. The third-order valence-electron chi connectivity index (χ3n) is 3.46. The fourth-order valence-corrected chi connectivity index (χ4v) is 3.59. The molecule has 16 heavy (non-hydrogen) atoms. The average Bonchev–Trinajstić information content (AvgIpc) is 2.25. The van der Waals surface area contributed by atoms with Gasteiger partial charge in [0.2, 0.25) is 0 Å². The quantitative estimate of drug-likeness (QED) is 0.776. The SMILES string of the molecule is Cc1cc(N)ccc1SC1CCC(C)CC1. The summed E-state index contributed by atoms with van der Waals surface area (Å²) in [5.41, 5.74) is 7.97. The molecule has 0 amide bonds. The Morgan fingerprint density at radius 2 is 1.88 bits per heavy atom. The number of aryl methyl sites for hydroxylation is 1. The van der Waals surface area contributed by atoms with Gasteiger partial charge in [0.1, 0.15) is 0 Å². The lowest BCUT2D eigenvalue weighted by Gasteiger charge is -2.26. The Kier molecular flexibility index (Phi) is 3.80. The van der Waals surface area contributed by atoms with Crippen LogP contribution in [0, 0.1) is 12.8 Å². The average molecular weight is 235 g/mol. The zero-order valence-corrected chi connectivity index (χ0v) is 11.0. The van der Waals surface area contributed by atoms with E-state index in [0.29, 0.717) is 0 Å². The van der Waals surface area contributed by atoms with Crippen molar-refractivity contribution in [1.29, 1.82) is 0 Å². The Labute approximate surface area is 103 Å². The van der Waals surface area contributed by atoms with E-state index >= 15 is 0 Å². The second-order valence-corrected chi connectivity index (χ2v) is 6.37. The summed E-state index contributed by atoms with van der Waals surface area (Å²) in [6.07, 6.45) is 5.53. The van der Waals surface area contributed by atoms with E-state index in [2.05, 4.69) is 26.0 Å². The molecule has 0 radical (unpaired) electrons. The molecule has 2 heteroatoms. The Morgan fingerprint density at radius 3 is 2.50 bits per heavy atom. The van der Waals surface area contributed by atoms with E-state index in [4.69, 9.17) is 5.73 Å². The van der Waals surface area contributed by atoms with Gasteiger partial charge < -0.3 is 5.73 Å². The van der Waals surface area contributed by atoms with Crippen molar-refractivity contribution in [3.8, 4) is 0 Å². The van der Waals surface area contributed by atoms with Gasteiger partial charge in [0.15, 0.2) is 0 Å². The maximum absolute atomic E-state index is 5.77. The van der Waals surface area contributed by atoms with Gasteiger partial charge in [-0.3, -0.25) is 0 Å². The molecule has 0 atom stereocenters. The van der Waals surface area contributed by atoms with Crippen molar-refractivity contribution >= 4 is 17.4 Å². The third kappa shape index (κ3) is 2.94. The molecule has 2 N–H and O–H groups in total. The molecule has 0 aliphatic heterocycles. The van der Waals surface area contributed by atoms with E-state index in [0.717, 1.165) is 16.9 Å². The molecule has 0 saturated heterocycles. The lowest BCUT2D eigenvalue weighted by molar-refractivity contribution is 0.393. The Bertz CT molecular complexity index is 354. The molecule has 0 heterocycles. The predicted molar refractivity (Wildman–Crippen MR) is 72.9 cm³/mol. The maximum atomic E-state index is 5.77. The van der Waals surface area contributed by atoms with E-state index in [1.807, 2.05) is 17.8 Å². The summed E-state index contributed by atoms with van der Waals surface area (Å²) in [7, 11) is 0. The number of anilines is 1. The predicted octanol–water partition coefficient (Wildman–Crippen LogP) is 4.25. The number of nitrogens with two attached hydrogens (primary N) is 1. The van der Waals surface area contributed by atoms with Crippen LogP contribution in [0.5, 0.6) is 0 Å². The molecule has 88 valence electrons. The van der Waals surface area contributed by atoms with Crippen molar-refractivity contribution < 1.29 is 0 Å². The highest BCUT2D eigenvalue weighted by Gasteiger charge is 2.19. The molecule has 1 aromatic carbocycles. The van der Waals surface area contributed by atoms with E-state index in [9.17, 15) is 0 Å². The van der Waals surface area contributed by atoms with Gasteiger partial charge in [0.25, 0.3) is 0 Å². The first kappa shape index (κ1) is 11.8. The van der Waals surface area contributed by atoms with Gasteiger partial charge in [-0.05, 0) is 62.3 Å². The summed E-state index contributed by atoms with van der Waals surface area (Å²) >= 11 is 2.05. The van der Waals surface area contributed by atoms with Crippen molar-refractivity contribution in [2.45, 2.75) is 49.7 Å². The molecule has 1 aliphatic rings. The van der Waals surface area contributed by atoms with Crippen molar-refractivity contribution in [3.63, 3.8) is 0 Å². The lowest BCUT2D eigenvalue weighted by atomic mass is 9.91. The molecule has 1 fully saturated rings. The fourth-order valence-electron chi connectivity index (χ4n) is 2.33. The first-order valence-corrected chi connectivity index (χ1v) is 7.06. The lowest BCUT2D eigenvalue weighted by Crippen LogP contribution is -2.13. The molecule has 0 bridgehead atoms. The van der Waals surface area contributed by atoms with Crippen LogP contribution in [-0.2, 0) is 0 Å². The molecule has 1 aromatic rings. The standard InChI is InChI=1S/C14H21NS/c1-10-3-6-13(7-4-10)16-14-8-5-12(15)9-11(14)2/h5,8-10,13H,3-4,6-7,15H2,1-2H3. The molecular formula is C14H21NS. The second-order valence-electron chi connectivity index (χ2n) is 5.02. The van der Waals surface area contributed by atoms with E-state index in [1.54, 1.807) is 0 Å². The summed E-state index contributed by atoms with van der Waals surface area (Å²) in [6.45, 7) is 4.53. The van der Waals surface area contributed by atoms with Crippen LogP contribution in [0.25, 0.3) is 0 Å². The number of thioether (sulfide) groups is 1. The van der Waals surface area contributed by atoms with Crippen molar-refractivity contribution in [2.24, 2.45) is 5.92 Å². The minimum absolute atomic E-state index is 0.818. The Morgan fingerprint density at radius 1 is 1.19 bits per heavy atom. The second kappa shape index (κ2) is 5.13. The van der Waals surface area contributed by atoms with Crippen molar-refractivity contribution in [3.05, 3.63) is 23.8 Å². The van der Waals surface area contributed by atoms with Crippen molar-refractivity contribution in [1.82, 2.24) is 0 Å². The minimum atomic E-state index is 0.818. The van der Waals surface area contributed by atoms with Gasteiger partial charge in [-0.1, -0.05) is 6.92 Å². The van der Waals surface area contributed by atoms with Crippen LogP contribution in [0.15, 0.2) is 23.1 Å². The molecular weight excluding hydrogens is 214 g/mol. The number of rotatable bonds is 2. The molecule has 1 nitrogen and oxygen atoms in total. The highest BCUT2D eigenvalue weighted by molar-refractivity contribution is 8.00. The van der Waals surface area contributed by atoms with Gasteiger partial charge in [-0.25, -0.2) is 0 Å². The summed E-state index contributed by atoms with van der Waals surface area (Å²) in [4.78, 5) is 1.41. The first-order chi connectivity index (χ1) is 7.65. The number of benzene rings is 1. The zero-order chi connectivity index (χ0) is 11.5. The number of hydrogen-bond acceptors (Lipinski definition) is 2. The summed E-state index contributed by atoms with van der Waals surface area (Å²) in [5.74, 6) is 0.935. The normalized spacial score (nSPS) is 25.6. The van der Waals surface area contributed by atoms with Gasteiger partial charge >= 0.3 is 0 Å². The van der Waals surface area contributed by atoms with Crippen LogP contribution in [0.1, 0.15) is 38.2 Å². The number of hydrogen-bond donors (Lipinski definition) is 1. The van der Waals surface area contributed by atoms with Gasteiger partial charge in [0.05, 0.1) is 0 Å². The van der Waals surface area contributed by atoms with Crippen LogP contribution in [0.2, 0.25) is 0 Å². The van der Waals surface area contributed by atoms with Crippen LogP contribution >= 0.6 is 11.8 Å². The highest BCUT2D eigenvalue weighted by atomic mass is 32.2. The largest absolute Gasteiger partial charge is 0.399 e. The van der Waals surface area contributed by atoms with Gasteiger partial charge in [-0.2, -0.15) is 0 Å². The molecule has 0 aromatic heterocycles. The van der Waals surface area contributed by atoms with Crippen LogP contribution in [-0.4, -0.2) is 5.25 Å². The van der Waals surface area contributed by atoms with Crippen molar-refractivity contribution in [2.75, 3.05) is 5.73 Å².